The number of aromatic nitrogens is 3. The highest BCUT2D eigenvalue weighted by Gasteiger charge is 2.17. The van der Waals surface area contributed by atoms with Crippen LogP contribution in [0.2, 0.25) is 0 Å². The molecule has 0 saturated heterocycles. The summed E-state index contributed by atoms with van der Waals surface area (Å²) >= 11 is 0. The van der Waals surface area contributed by atoms with Crippen molar-refractivity contribution in [3.63, 3.8) is 0 Å². The molecular formula is C14H17N5O4. The van der Waals surface area contributed by atoms with Gasteiger partial charge in [0.05, 0.1) is 17.7 Å². The lowest BCUT2D eigenvalue weighted by Gasteiger charge is -2.07. The van der Waals surface area contributed by atoms with E-state index in [2.05, 4.69) is 20.1 Å². The first-order valence-electron chi connectivity index (χ1n) is 6.87. The van der Waals surface area contributed by atoms with Crippen LogP contribution in [0.3, 0.4) is 0 Å². The fraction of sp³-hybridized carbons (Fsp3) is 0.357. The number of hydrogen-bond donors (Lipinski definition) is 1. The molecule has 2 heterocycles. The summed E-state index contributed by atoms with van der Waals surface area (Å²) in [5.74, 6) is -0.201. The van der Waals surface area contributed by atoms with Gasteiger partial charge in [-0.25, -0.2) is 4.98 Å². The van der Waals surface area contributed by atoms with E-state index in [-0.39, 0.29) is 18.1 Å². The van der Waals surface area contributed by atoms with E-state index in [0.717, 1.165) is 17.0 Å². The second-order valence-corrected chi connectivity index (χ2v) is 4.86. The highest BCUT2D eigenvalue weighted by molar-refractivity contribution is 5.69. The quantitative estimate of drug-likeness (QED) is 0.488. The Morgan fingerprint density at radius 3 is 2.87 bits per heavy atom. The molecule has 0 atom stereocenters. The van der Waals surface area contributed by atoms with Crippen molar-refractivity contribution in [2.24, 2.45) is 0 Å². The summed E-state index contributed by atoms with van der Waals surface area (Å²) in [7, 11) is 1.32. The van der Waals surface area contributed by atoms with Gasteiger partial charge in [0.25, 0.3) is 0 Å². The molecule has 122 valence electrons. The standard InChI is InChI=1S/C14H17N5O4/c1-9-11(10(2)18(17-9)8-13(20)23-3)7-16-14-12(19(21)22)5-4-6-15-14/h4-6H,7-8H2,1-3H3,(H,15,16). The number of esters is 1. The van der Waals surface area contributed by atoms with Gasteiger partial charge in [-0.15, -0.1) is 0 Å². The number of hydrogen-bond acceptors (Lipinski definition) is 7. The van der Waals surface area contributed by atoms with Crippen molar-refractivity contribution in [1.29, 1.82) is 0 Å². The van der Waals surface area contributed by atoms with E-state index in [1.54, 1.807) is 4.68 Å². The maximum Gasteiger partial charge on any atom is 0.327 e. The number of aryl methyl sites for hydroxylation is 1. The maximum atomic E-state index is 11.4. The van der Waals surface area contributed by atoms with E-state index in [4.69, 9.17) is 0 Å². The van der Waals surface area contributed by atoms with Crippen molar-refractivity contribution in [2.45, 2.75) is 26.9 Å². The smallest absolute Gasteiger partial charge is 0.327 e. The van der Waals surface area contributed by atoms with Crippen molar-refractivity contribution >= 4 is 17.5 Å². The van der Waals surface area contributed by atoms with Crippen LogP contribution in [0.25, 0.3) is 0 Å². The number of ether oxygens (including phenoxy) is 1. The Morgan fingerprint density at radius 1 is 1.48 bits per heavy atom. The van der Waals surface area contributed by atoms with Gasteiger partial charge >= 0.3 is 11.7 Å². The summed E-state index contributed by atoms with van der Waals surface area (Å²) < 4.78 is 6.18. The predicted molar refractivity (Wildman–Crippen MR) is 81.9 cm³/mol. The van der Waals surface area contributed by atoms with E-state index in [1.165, 1.54) is 25.4 Å². The molecule has 0 saturated carbocycles. The number of nitrogens with one attached hydrogen (secondary N) is 1. The second kappa shape index (κ2) is 6.86. The molecule has 0 unspecified atom stereocenters. The first kappa shape index (κ1) is 16.4. The van der Waals surface area contributed by atoms with Crippen LogP contribution in [0.15, 0.2) is 18.3 Å². The van der Waals surface area contributed by atoms with Gasteiger partial charge in [-0.3, -0.25) is 19.6 Å². The van der Waals surface area contributed by atoms with Gasteiger partial charge in [-0.05, 0) is 19.9 Å². The Kier molecular flexibility index (Phi) is 4.89. The number of anilines is 1. The highest BCUT2D eigenvalue weighted by Crippen LogP contribution is 2.22. The summed E-state index contributed by atoms with van der Waals surface area (Å²) in [5, 5.41) is 18.2. The van der Waals surface area contributed by atoms with E-state index in [0.29, 0.717) is 6.54 Å². The van der Waals surface area contributed by atoms with E-state index < -0.39 is 10.9 Å². The zero-order chi connectivity index (χ0) is 17.0. The van der Waals surface area contributed by atoms with E-state index in [1.807, 2.05) is 13.8 Å². The van der Waals surface area contributed by atoms with Crippen LogP contribution in [0.5, 0.6) is 0 Å². The lowest BCUT2D eigenvalue weighted by Crippen LogP contribution is -2.14. The summed E-state index contributed by atoms with van der Waals surface area (Å²) in [6.07, 6.45) is 1.48. The van der Waals surface area contributed by atoms with Gasteiger partial charge in [-0.2, -0.15) is 5.10 Å². The summed E-state index contributed by atoms with van der Waals surface area (Å²) in [4.78, 5) is 25.9. The van der Waals surface area contributed by atoms with Crippen LogP contribution in [0, 0.1) is 24.0 Å². The topological polar surface area (TPSA) is 112 Å². The molecule has 2 aromatic rings. The molecule has 0 spiro atoms. The van der Waals surface area contributed by atoms with Crippen LogP contribution in [-0.2, 0) is 22.6 Å². The SMILES string of the molecule is COC(=O)Cn1nc(C)c(CNc2ncccc2[N+](=O)[O-])c1C. The third kappa shape index (κ3) is 3.62. The first-order chi connectivity index (χ1) is 10.9. The number of carbonyl (C=O) groups is 1. The molecule has 2 rings (SSSR count). The second-order valence-electron chi connectivity index (χ2n) is 4.86. The Hall–Kier alpha value is -2.97. The Morgan fingerprint density at radius 2 is 2.22 bits per heavy atom. The fourth-order valence-corrected chi connectivity index (χ4v) is 2.18. The normalized spacial score (nSPS) is 10.4. The molecule has 0 aromatic carbocycles. The monoisotopic (exact) mass is 319 g/mol. The Balaban J connectivity index is 2.19. The fourth-order valence-electron chi connectivity index (χ4n) is 2.18. The summed E-state index contributed by atoms with van der Waals surface area (Å²) in [6.45, 7) is 3.97. The average Bonchev–Trinajstić information content (AvgIpc) is 2.79. The van der Waals surface area contributed by atoms with Crippen LogP contribution in [0.1, 0.15) is 17.0 Å². The summed E-state index contributed by atoms with van der Waals surface area (Å²) in [6, 6.07) is 2.89. The largest absolute Gasteiger partial charge is 0.468 e. The Bertz CT molecular complexity index is 741. The van der Waals surface area contributed by atoms with Crippen molar-refractivity contribution in [3.05, 3.63) is 45.4 Å². The van der Waals surface area contributed by atoms with Gasteiger partial charge in [0, 0.05) is 30.1 Å². The number of carbonyl (C=O) groups excluding carboxylic acids is 1. The van der Waals surface area contributed by atoms with Crippen LogP contribution in [0.4, 0.5) is 11.5 Å². The van der Waals surface area contributed by atoms with Gasteiger partial charge in [0.2, 0.25) is 5.82 Å². The number of methoxy groups -OCH3 is 1. The number of nitrogens with zero attached hydrogens (tertiary/aromatic N) is 4. The minimum atomic E-state index is -0.490. The van der Waals surface area contributed by atoms with Gasteiger partial charge in [0.1, 0.15) is 6.54 Å². The third-order valence-electron chi connectivity index (χ3n) is 3.45. The van der Waals surface area contributed by atoms with Crippen molar-refractivity contribution in [3.8, 4) is 0 Å². The number of rotatable bonds is 6. The van der Waals surface area contributed by atoms with Crippen molar-refractivity contribution in [2.75, 3.05) is 12.4 Å². The molecule has 0 radical (unpaired) electrons. The van der Waals surface area contributed by atoms with Gasteiger partial charge in [-0.1, -0.05) is 0 Å². The highest BCUT2D eigenvalue weighted by atomic mass is 16.6. The number of pyridine rings is 1. The molecular weight excluding hydrogens is 302 g/mol. The molecule has 9 heteroatoms. The predicted octanol–water partition coefficient (Wildman–Crippen LogP) is 1.59. The molecule has 0 aliphatic heterocycles. The first-order valence-corrected chi connectivity index (χ1v) is 6.87. The van der Waals surface area contributed by atoms with Crippen LogP contribution < -0.4 is 5.32 Å². The van der Waals surface area contributed by atoms with Crippen molar-refractivity contribution < 1.29 is 14.5 Å². The molecule has 0 fully saturated rings. The third-order valence-corrected chi connectivity index (χ3v) is 3.45. The molecule has 0 amide bonds. The minimum absolute atomic E-state index is 0.0207. The summed E-state index contributed by atoms with van der Waals surface area (Å²) in [5.41, 5.74) is 2.29. The van der Waals surface area contributed by atoms with Gasteiger partial charge in [0.15, 0.2) is 0 Å². The Labute approximate surface area is 132 Å². The van der Waals surface area contributed by atoms with Crippen molar-refractivity contribution in [1.82, 2.24) is 14.8 Å². The molecule has 9 nitrogen and oxygen atoms in total. The lowest BCUT2D eigenvalue weighted by atomic mass is 10.2. The van der Waals surface area contributed by atoms with Crippen LogP contribution >= 0.6 is 0 Å². The number of nitro groups is 1. The zero-order valence-corrected chi connectivity index (χ0v) is 13.1. The molecule has 2 aromatic heterocycles. The maximum absolute atomic E-state index is 11.4. The lowest BCUT2D eigenvalue weighted by molar-refractivity contribution is -0.384. The molecule has 0 aliphatic rings. The average molecular weight is 319 g/mol. The molecule has 0 aliphatic carbocycles. The van der Waals surface area contributed by atoms with Crippen LogP contribution in [-0.4, -0.2) is 32.8 Å². The van der Waals surface area contributed by atoms with Gasteiger partial charge < -0.3 is 10.1 Å². The molecule has 1 N–H and O–H groups in total. The molecule has 23 heavy (non-hydrogen) atoms. The van der Waals surface area contributed by atoms with E-state index >= 15 is 0 Å². The minimum Gasteiger partial charge on any atom is -0.468 e. The zero-order valence-electron chi connectivity index (χ0n) is 13.1. The molecule has 0 bridgehead atoms. The van der Waals surface area contributed by atoms with E-state index in [9.17, 15) is 14.9 Å².